The molecule has 1 aliphatic rings. The summed E-state index contributed by atoms with van der Waals surface area (Å²) in [5.41, 5.74) is 2.88. The summed E-state index contributed by atoms with van der Waals surface area (Å²) in [5, 5.41) is 8.97. The highest BCUT2D eigenvalue weighted by Crippen LogP contribution is 2.19. The third kappa shape index (κ3) is 3.80. The van der Waals surface area contributed by atoms with Crippen molar-refractivity contribution in [2.24, 2.45) is 5.92 Å². The van der Waals surface area contributed by atoms with Crippen molar-refractivity contribution in [2.45, 2.75) is 33.9 Å². The fourth-order valence-electron chi connectivity index (χ4n) is 3.53. The Hall–Kier alpha value is -2.87. The van der Waals surface area contributed by atoms with E-state index in [1.165, 1.54) is 0 Å². The molecule has 0 bridgehead atoms. The van der Waals surface area contributed by atoms with Crippen LogP contribution in [0.5, 0.6) is 0 Å². The molecule has 3 aromatic rings. The lowest BCUT2D eigenvalue weighted by Crippen LogP contribution is -2.49. The summed E-state index contributed by atoms with van der Waals surface area (Å²) >= 11 is 0. The summed E-state index contributed by atoms with van der Waals surface area (Å²) < 4.78 is 3.33. The molecular formula is C19H23N7O. The molecule has 0 radical (unpaired) electrons. The molecule has 27 heavy (non-hydrogen) atoms. The maximum atomic E-state index is 12.2. The topological polar surface area (TPSA) is 81.7 Å². The van der Waals surface area contributed by atoms with Gasteiger partial charge in [0.1, 0.15) is 5.82 Å². The van der Waals surface area contributed by atoms with Gasteiger partial charge in [0, 0.05) is 43.5 Å². The SMILES string of the molecule is Cc1cc(C)n(-c2ccc(=O)n(CC3CN(Cc4ccnc(C)n4)C3)n2)n1. The molecule has 1 fully saturated rings. The Morgan fingerprint density at radius 1 is 1.11 bits per heavy atom. The molecule has 0 unspecified atom stereocenters. The highest BCUT2D eigenvalue weighted by molar-refractivity contribution is 5.23. The lowest BCUT2D eigenvalue weighted by atomic mass is 10.00. The van der Waals surface area contributed by atoms with E-state index in [2.05, 4.69) is 25.1 Å². The van der Waals surface area contributed by atoms with Crippen LogP contribution >= 0.6 is 0 Å². The third-order valence-corrected chi connectivity index (χ3v) is 4.76. The molecule has 4 heterocycles. The van der Waals surface area contributed by atoms with Gasteiger partial charge in [0.2, 0.25) is 0 Å². The first-order chi connectivity index (χ1) is 13.0. The van der Waals surface area contributed by atoms with Crippen molar-refractivity contribution in [3.63, 3.8) is 0 Å². The Morgan fingerprint density at radius 2 is 1.93 bits per heavy atom. The minimum Gasteiger partial charge on any atom is -0.297 e. The summed E-state index contributed by atoms with van der Waals surface area (Å²) in [6.07, 6.45) is 1.79. The van der Waals surface area contributed by atoms with Crippen LogP contribution in [0.1, 0.15) is 22.9 Å². The van der Waals surface area contributed by atoms with E-state index in [1.807, 2.05) is 32.9 Å². The van der Waals surface area contributed by atoms with Crippen molar-refractivity contribution in [1.82, 2.24) is 34.4 Å². The zero-order chi connectivity index (χ0) is 19.0. The van der Waals surface area contributed by atoms with Crippen LogP contribution in [0.15, 0.2) is 35.3 Å². The van der Waals surface area contributed by atoms with Gasteiger partial charge >= 0.3 is 0 Å². The molecule has 0 aromatic carbocycles. The molecule has 0 N–H and O–H groups in total. The quantitative estimate of drug-likeness (QED) is 0.677. The zero-order valence-electron chi connectivity index (χ0n) is 15.8. The van der Waals surface area contributed by atoms with Crippen LogP contribution in [0.4, 0.5) is 0 Å². The van der Waals surface area contributed by atoms with Gasteiger partial charge in [-0.25, -0.2) is 19.3 Å². The largest absolute Gasteiger partial charge is 0.297 e. The van der Waals surface area contributed by atoms with E-state index in [1.54, 1.807) is 27.7 Å². The number of likely N-dealkylation sites (tertiary alicyclic amines) is 1. The predicted molar refractivity (Wildman–Crippen MR) is 101 cm³/mol. The number of hydrogen-bond donors (Lipinski definition) is 0. The van der Waals surface area contributed by atoms with E-state index in [0.717, 1.165) is 42.5 Å². The van der Waals surface area contributed by atoms with Crippen molar-refractivity contribution in [3.05, 3.63) is 63.7 Å². The summed E-state index contributed by atoms with van der Waals surface area (Å²) in [6.45, 7) is 9.12. The first-order valence-corrected chi connectivity index (χ1v) is 9.10. The van der Waals surface area contributed by atoms with E-state index in [9.17, 15) is 4.79 Å². The van der Waals surface area contributed by atoms with Gasteiger partial charge in [-0.1, -0.05) is 0 Å². The molecule has 8 heteroatoms. The van der Waals surface area contributed by atoms with Crippen LogP contribution in [-0.4, -0.2) is 47.5 Å². The Morgan fingerprint density at radius 3 is 2.63 bits per heavy atom. The van der Waals surface area contributed by atoms with Crippen LogP contribution in [0, 0.1) is 26.7 Å². The predicted octanol–water partition coefficient (Wildman–Crippen LogP) is 1.28. The number of aromatic nitrogens is 6. The number of aryl methyl sites for hydroxylation is 3. The monoisotopic (exact) mass is 365 g/mol. The van der Waals surface area contributed by atoms with Crippen molar-refractivity contribution < 1.29 is 0 Å². The van der Waals surface area contributed by atoms with E-state index in [0.29, 0.717) is 18.3 Å². The van der Waals surface area contributed by atoms with Crippen LogP contribution in [0.3, 0.4) is 0 Å². The zero-order valence-corrected chi connectivity index (χ0v) is 15.8. The number of nitrogens with zero attached hydrogens (tertiary/aromatic N) is 7. The smallest absolute Gasteiger partial charge is 0.266 e. The Balaban J connectivity index is 1.41. The standard InChI is InChI=1S/C19H23N7O/c1-13-8-14(2)26(22-13)18-4-5-19(27)25(23-18)11-16-9-24(10-16)12-17-6-7-20-15(3)21-17/h4-8,16H,9-12H2,1-3H3. The minimum absolute atomic E-state index is 0.0786. The summed E-state index contributed by atoms with van der Waals surface area (Å²) in [4.78, 5) is 23.1. The van der Waals surface area contributed by atoms with E-state index in [-0.39, 0.29) is 5.56 Å². The van der Waals surface area contributed by atoms with Gasteiger partial charge in [-0.3, -0.25) is 9.69 Å². The lowest BCUT2D eigenvalue weighted by molar-refractivity contribution is 0.0753. The summed E-state index contributed by atoms with van der Waals surface area (Å²) in [5.74, 6) is 1.88. The van der Waals surface area contributed by atoms with Crippen molar-refractivity contribution >= 4 is 0 Å². The van der Waals surface area contributed by atoms with Gasteiger partial charge in [0.15, 0.2) is 5.82 Å². The first-order valence-electron chi connectivity index (χ1n) is 9.10. The van der Waals surface area contributed by atoms with Crippen molar-refractivity contribution in [2.75, 3.05) is 13.1 Å². The van der Waals surface area contributed by atoms with E-state index in [4.69, 9.17) is 0 Å². The van der Waals surface area contributed by atoms with Crippen LogP contribution in [-0.2, 0) is 13.1 Å². The third-order valence-electron chi connectivity index (χ3n) is 4.76. The fourth-order valence-corrected chi connectivity index (χ4v) is 3.53. The molecule has 0 aliphatic carbocycles. The minimum atomic E-state index is -0.0786. The Kier molecular flexibility index (Phi) is 4.57. The summed E-state index contributed by atoms with van der Waals surface area (Å²) in [6, 6.07) is 7.24. The first kappa shape index (κ1) is 17.5. The Labute approximate surface area is 157 Å². The number of rotatable bonds is 5. The molecule has 0 saturated carbocycles. The maximum absolute atomic E-state index is 12.2. The molecule has 140 valence electrons. The average molecular weight is 365 g/mol. The molecule has 0 amide bonds. The molecule has 1 saturated heterocycles. The Bertz CT molecular complexity index is 1020. The van der Waals surface area contributed by atoms with E-state index < -0.39 is 0 Å². The molecule has 4 rings (SSSR count). The van der Waals surface area contributed by atoms with Gasteiger partial charge in [-0.2, -0.15) is 5.10 Å². The number of hydrogen-bond acceptors (Lipinski definition) is 6. The fraction of sp³-hybridized carbons (Fsp3) is 0.421. The van der Waals surface area contributed by atoms with Crippen LogP contribution in [0.25, 0.3) is 5.82 Å². The van der Waals surface area contributed by atoms with Gasteiger partial charge in [-0.15, -0.1) is 5.10 Å². The second-order valence-corrected chi connectivity index (χ2v) is 7.21. The van der Waals surface area contributed by atoms with Gasteiger partial charge in [0.25, 0.3) is 5.56 Å². The maximum Gasteiger partial charge on any atom is 0.266 e. The van der Waals surface area contributed by atoms with Gasteiger partial charge in [0.05, 0.1) is 17.9 Å². The average Bonchev–Trinajstić information content (AvgIpc) is 2.93. The van der Waals surface area contributed by atoms with Crippen LogP contribution in [0.2, 0.25) is 0 Å². The highest BCUT2D eigenvalue weighted by atomic mass is 16.1. The van der Waals surface area contributed by atoms with Gasteiger partial charge in [-0.05, 0) is 39.0 Å². The molecule has 0 spiro atoms. The van der Waals surface area contributed by atoms with Crippen molar-refractivity contribution in [3.8, 4) is 5.82 Å². The molecule has 3 aromatic heterocycles. The lowest BCUT2D eigenvalue weighted by Gasteiger charge is -2.39. The molecular weight excluding hydrogens is 342 g/mol. The molecule has 1 aliphatic heterocycles. The molecule has 8 nitrogen and oxygen atoms in total. The highest BCUT2D eigenvalue weighted by Gasteiger charge is 2.28. The second-order valence-electron chi connectivity index (χ2n) is 7.21. The second kappa shape index (κ2) is 7.03. The van der Waals surface area contributed by atoms with Crippen molar-refractivity contribution in [1.29, 1.82) is 0 Å². The molecule has 0 atom stereocenters. The van der Waals surface area contributed by atoms with Gasteiger partial charge < -0.3 is 0 Å². The normalized spacial score (nSPS) is 15.1. The van der Waals surface area contributed by atoms with E-state index >= 15 is 0 Å². The van der Waals surface area contributed by atoms with Crippen LogP contribution < -0.4 is 5.56 Å². The summed E-state index contributed by atoms with van der Waals surface area (Å²) in [7, 11) is 0.